The summed E-state index contributed by atoms with van der Waals surface area (Å²) in [7, 11) is 0. The molecule has 1 aliphatic heterocycles. The molecule has 1 fully saturated rings. The van der Waals surface area contributed by atoms with Crippen LogP contribution in [0, 0.1) is 0 Å². The smallest absolute Gasteiger partial charge is 0.129 e. The molecule has 1 aromatic rings. The first kappa shape index (κ1) is 9.90. The third-order valence-electron chi connectivity index (χ3n) is 2.61. The molecule has 2 N–H and O–H groups in total. The van der Waals surface area contributed by atoms with Crippen LogP contribution in [-0.2, 0) is 0 Å². The fraction of sp³-hybridized carbons (Fsp3) is 0.500. The Hall–Kier alpha value is -0.640. The molecular weight excluding hydrogens is 200 g/mol. The Labute approximate surface area is 88.1 Å². The van der Waals surface area contributed by atoms with E-state index in [-0.39, 0.29) is 12.6 Å². The monoisotopic (exact) mass is 212 g/mol. The fourth-order valence-electron chi connectivity index (χ4n) is 1.82. The van der Waals surface area contributed by atoms with Crippen LogP contribution in [0.15, 0.2) is 18.3 Å². The summed E-state index contributed by atoms with van der Waals surface area (Å²) in [6.45, 7) is 0.206. The summed E-state index contributed by atoms with van der Waals surface area (Å²) < 4.78 is 0. The lowest BCUT2D eigenvalue weighted by Crippen LogP contribution is -2.27. The average Bonchev–Trinajstić information content (AvgIpc) is 2.67. The van der Waals surface area contributed by atoms with Crippen LogP contribution in [0.4, 0.5) is 0 Å². The quantitative estimate of drug-likeness (QED) is 0.731. The third-order valence-corrected chi connectivity index (χ3v) is 2.84. The van der Waals surface area contributed by atoms with Crippen molar-refractivity contribution in [1.82, 2.24) is 10.3 Å². The first-order valence-electron chi connectivity index (χ1n) is 4.78. The van der Waals surface area contributed by atoms with Crippen LogP contribution in [-0.4, -0.2) is 22.7 Å². The molecule has 0 aromatic carbocycles. The van der Waals surface area contributed by atoms with Gasteiger partial charge >= 0.3 is 0 Å². The molecule has 2 atom stereocenters. The van der Waals surface area contributed by atoms with Crippen LogP contribution in [0.5, 0.6) is 0 Å². The van der Waals surface area contributed by atoms with Crippen molar-refractivity contribution in [3.05, 3.63) is 29.0 Å². The van der Waals surface area contributed by atoms with Gasteiger partial charge in [0.1, 0.15) is 5.15 Å². The second kappa shape index (κ2) is 4.26. The van der Waals surface area contributed by atoms with E-state index < -0.39 is 0 Å². The number of hydrogen-bond acceptors (Lipinski definition) is 3. The van der Waals surface area contributed by atoms with E-state index in [1.807, 2.05) is 6.07 Å². The van der Waals surface area contributed by atoms with Gasteiger partial charge in [-0.2, -0.15) is 0 Å². The van der Waals surface area contributed by atoms with Crippen LogP contribution < -0.4 is 5.32 Å². The summed E-state index contributed by atoms with van der Waals surface area (Å²) in [6.07, 6.45) is 3.86. The van der Waals surface area contributed by atoms with Crippen LogP contribution in [0.2, 0.25) is 5.15 Å². The molecule has 2 unspecified atom stereocenters. The number of aromatic nitrogens is 1. The first-order valence-corrected chi connectivity index (χ1v) is 5.16. The summed E-state index contributed by atoms with van der Waals surface area (Å²) in [5, 5.41) is 12.8. The third kappa shape index (κ3) is 2.05. The second-order valence-corrected chi connectivity index (χ2v) is 3.98. The minimum atomic E-state index is 0.206. The summed E-state index contributed by atoms with van der Waals surface area (Å²) >= 11 is 5.70. The molecule has 0 spiro atoms. The Morgan fingerprint density at radius 1 is 1.50 bits per heavy atom. The lowest BCUT2D eigenvalue weighted by Gasteiger charge is -2.12. The topological polar surface area (TPSA) is 45.2 Å². The molecule has 2 rings (SSSR count). The molecule has 14 heavy (non-hydrogen) atoms. The Kier molecular flexibility index (Phi) is 3.01. The minimum Gasteiger partial charge on any atom is -0.395 e. The average molecular weight is 213 g/mol. The van der Waals surface area contributed by atoms with Gasteiger partial charge in [0, 0.05) is 18.3 Å². The van der Waals surface area contributed by atoms with Crippen molar-refractivity contribution >= 4 is 11.6 Å². The van der Waals surface area contributed by atoms with E-state index in [1.54, 1.807) is 12.3 Å². The maximum Gasteiger partial charge on any atom is 0.129 e. The molecule has 0 saturated carbocycles. The minimum absolute atomic E-state index is 0.206. The van der Waals surface area contributed by atoms with Gasteiger partial charge in [0.2, 0.25) is 0 Å². The summed E-state index contributed by atoms with van der Waals surface area (Å²) in [5.41, 5.74) is 1.14. The van der Waals surface area contributed by atoms with Crippen molar-refractivity contribution in [2.45, 2.75) is 24.9 Å². The van der Waals surface area contributed by atoms with Crippen molar-refractivity contribution in [3.8, 4) is 0 Å². The molecule has 1 saturated heterocycles. The van der Waals surface area contributed by atoms with Crippen LogP contribution >= 0.6 is 11.6 Å². The van der Waals surface area contributed by atoms with Gasteiger partial charge in [-0.25, -0.2) is 4.98 Å². The van der Waals surface area contributed by atoms with E-state index in [0.29, 0.717) is 11.2 Å². The van der Waals surface area contributed by atoms with E-state index >= 15 is 0 Å². The predicted octanol–water partition coefficient (Wildman–Crippen LogP) is 1.52. The zero-order chi connectivity index (χ0) is 9.97. The molecule has 76 valence electrons. The van der Waals surface area contributed by atoms with E-state index in [1.165, 1.54) is 0 Å². The maximum absolute atomic E-state index is 8.98. The van der Waals surface area contributed by atoms with Crippen molar-refractivity contribution in [2.24, 2.45) is 0 Å². The number of halogens is 1. The standard InChI is InChI=1S/C10H13ClN2O/c11-10-4-1-7(5-12-10)9-3-2-8(6-14)13-9/h1,4-5,8-9,13-14H,2-3,6H2. The Bertz CT molecular complexity index is 301. The van der Waals surface area contributed by atoms with Gasteiger partial charge in [0.05, 0.1) is 6.61 Å². The molecule has 0 bridgehead atoms. The molecule has 0 amide bonds. The Morgan fingerprint density at radius 3 is 2.93 bits per heavy atom. The Balaban J connectivity index is 2.06. The highest BCUT2D eigenvalue weighted by molar-refractivity contribution is 6.29. The van der Waals surface area contributed by atoms with Crippen LogP contribution in [0.1, 0.15) is 24.4 Å². The number of aliphatic hydroxyl groups excluding tert-OH is 1. The highest BCUT2D eigenvalue weighted by Crippen LogP contribution is 2.26. The first-order chi connectivity index (χ1) is 6.79. The lowest BCUT2D eigenvalue weighted by atomic mass is 10.1. The zero-order valence-corrected chi connectivity index (χ0v) is 8.54. The maximum atomic E-state index is 8.98. The predicted molar refractivity (Wildman–Crippen MR) is 55.2 cm³/mol. The summed E-state index contributed by atoms with van der Waals surface area (Å²) in [4.78, 5) is 4.04. The number of nitrogens with zero attached hydrogens (tertiary/aromatic N) is 1. The van der Waals surface area contributed by atoms with E-state index in [9.17, 15) is 0 Å². The molecule has 1 aromatic heterocycles. The number of nitrogens with one attached hydrogen (secondary N) is 1. The normalized spacial score (nSPS) is 26.7. The Morgan fingerprint density at radius 2 is 2.36 bits per heavy atom. The van der Waals surface area contributed by atoms with Gasteiger partial charge in [0.25, 0.3) is 0 Å². The van der Waals surface area contributed by atoms with Crippen molar-refractivity contribution in [3.63, 3.8) is 0 Å². The van der Waals surface area contributed by atoms with Gasteiger partial charge < -0.3 is 10.4 Å². The highest BCUT2D eigenvalue weighted by atomic mass is 35.5. The largest absolute Gasteiger partial charge is 0.395 e. The van der Waals surface area contributed by atoms with E-state index in [4.69, 9.17) is 16.7 Å². The van der Waals surface area contributed by atoms with Crippen LogP contribution in [0.25, 0.3) is 0 Å². The molecule has 1 aliphatic rings. The molecule has 4 heteroatoms. The highest BCUT2D eigenvalue weighted by Gasteiger charge is 2.24. The van der Waals surface area contributed by atoms with Gasteiger partial charge in [-0.3, -0.25) is 0 Å². The summed E-state index contributed by atoms with van der Waals surface area (Å²) in [5.74, 6) is 0. The molecule has 2 heterocycles. The van der Waals surface area contributed by atoms with Gasteiger partial charge in [-0.15, -0.1) is 0 Å². The van der Waals surface area contributed by atoms with E-state index in [0.717, 1.165) is 18.4 Å². The van der Waals surface area contributed by atoms with Gasteiger partial charge in [0.15, 0.2) is 0 Å². The molecule has 3 nitrogen and oxygen atoms in total. The molecule has 0 radical (unpaired) electrons. The zero-order valence-electron chi connectivity index (χ0n) is 7.78. The number of pyridine rings is 1. The van der Waals surface area contributed by atoms with Crippen molar-refractivity contribution in [2.75, 3.05) is 6.61 Å². The van der Waals surface area contributed by atoms with Gasteiger partial charge in [-0.1, -0.05) is 17.7 Å². The second-order valence-electron chi connectivity index (χ2n) is 3.59. The van der Waals surface area contributed by atoms with Crippen molar-refractivity contribution < 1.29 is 5.11 Å². The number of aliphatic hydroxyl groups is 1. The fourth-order valence-corrected chi connectivity index (χ4v) is 1.93. The number of hydrogen-bond donors (Lipinski definition) is 2. The lowest BCUT2D eigenvalue weighted by molar-refractivity contribution is 0.251. The molecular formula is C10H13ClN2O. The van der Waals surface area contributed by atoms with Gasteiger partial charge in [-0.05, 0) is 24.5 Å². The van der Waals surface area contributed by atoms with Crippen molar-refractivity contribution in [1.29, 1.82) is 0 Å². The van der Waals surface area contributed by atoms with E-state index in [2.05, 4.69) is 10.3 Å². The summed E-state index contributed by atoms with van der Waals surface area (Å²) in [6, 6.07) is 4.32. The SMILES string of the molecule is OCC1CCC(c2ccc(Cl)nc2)N1. The molecule has 0 aliphatic carbocycles. The number of rotatable bonds is 2. The van der Waals surface area contributed by atoms with Crippen LogP contribution in [0.3, 0.4) is 0 Å².